The molecule has 0 aliphatic rings. The van der Waals surface area contributed by atoms with Gasteiger partial charge in [0.1, 0.15) is 11.6 Å². The Hall–Kier alpha value is -5.15. The van der Waals surface area contributed by atoms with Gasteiger partial charge in [-0.2, -0.15) is 0 Å². The van der Waals surface area contributed by atoms with Crippen LogP contribution in [-0.4, -0.2) is 32.2 Å². The maximum absolute atomic E-state index is 13.6. The van der Waals surface area contributed by atoms with Crippen molar-refractivity contribution < 1.29 is 8.78 Å². The molecule has 8 aromatic rings. The van der Waals surface area contributed by atoms with Crippen molar-refractivity contribution in [3.05, 3.63) is 156 Å². The van der Waals surface area contributed by atoms with Gasteiger partial charge in [0, 0.05) is 71.2 Å². The molecule has 8 rings (SSSR count). The van der Waals surface area contributed by atoms with E-state index < -0.39 is 0 Å². The van der Waals surface area contributed by atoms with Gasteiger partial charge in [-0.15, -0.1) is 12.4 Å². The Kier molecular flexibility index (Phi) is 10.4. The summed E-state index contributed by atoms with van der Waals surface area (Å²) in [6.45, 7) is 4.36. The summed E-state index contributed by atoms with van der Waals surface area (Å²) < 4.78 is 31.9. The minimum Gasteiger partial charge on any atom is -0.334 e. The molecule has 0 bridgehead atoms. The van der Waals surface area contributed by atoms with Crippen molar-refractivity contribution in [3.8, 4) is 0 Å². The topological polar surface area (TPSA) is 59.7 Å². The molecule has 2 N–H and O–H groups in total. The van der Waals surface area contributed by atoms with E-state index in [9.17, 15) is 8.78 Å². The lowest BCUT2D eigenvalue weighted by Gasteiger charge is -2.12. The third kappa shape index (κ3) is 7.08. The number of aromatic nitrogens is 4. The van der Waals surface area contributed by atoms with Gasteiger partial charge in [0.05, 0.1) is 22.4 Å². The molecule has 0 spiro atoms. The third-order valence-corrected chi connectivity index (χ3v) is 9.56. The second-order valence-corrected chi connectivity index (χ2v) is 12.8. The number of benzene rings is 4. The maximum atomic E-state index is 13.6. The van der Waals surface area contributed by atoms with Crippen LogP contribution in [-0.2, 0) is 26.2 Å². The highest BCUT2D eigenvalue weighted by Gasteiger charge is 2.16. The predicted octanol–water partition coefficient (Wildman–Crippen LogP) is 9.15. The van der Waals surface area contributed by atoms with Crippen molar-refractivity contribution in [2.24, 2.45) is 0 Å². The molecule has 0 amide bonds. The molecule has 4 aromatic heterocycles. The highest BCUT2D eigenvalue weighted by atomic mass is 35.5. The fourth-order valence-electron chi connectivity index (χ4n) is 7.19. The molecule has 4 heterocycles. The average Bonchev–Trinajstić information content (AvgIpc) is 3.64. The number of pyridine rings is 2. The Morgan fingerprint density at radius 2 is 0.902 bits per heavy atom. The molecule has 4 aromatic carbocycles. The lowest BCUT2D eigenvalue weighted by atomic mass is 10.1. The lowest BCUT2D eigenvalue weighted by Crippen LogP contribution is -2.20. The molecular formula is C42H39ClF2N6. The maximum Gasteiger partial charge on any atom is 0.123 e. The third-order valence-electron chi connectivity index (χ3n) is 9.56. The first-order chi connectivity index (χ1) is 24.6. The fourth-order valence-corrected chi connectivity index (χ4v) is 7.19. The zero-order chi connectivity index (χ0) is 33.9. The minimum atomic E-state index is -0.228. The van der Waals surface area contributed by atoms with Crippen molar-refractivity contribution in [3.63, 3.8) is 0 Å². The van der Waals surface area contributed by atoms with Crippen molar-refractivity contribution in [2.75, 3.05) is 13.1 Å². The number of halogens is 3. The molecule has 0 aliphatic carbocycles. The summed E-state index contributed by atoms with van der Waals surface area (Å²) >= 11 is 0. The predicted molar refractivity (Wildman–Crippen MR) is 205 cm³/mol. The Bertz CT molecular complexity index is 2250. The van der Waals surface area contributed by atoms with Gasteiger partial charge >= 0.3 is 0 Å². The second kappa shape index (κ2) is 15.4. The largest absolute Gasteiger partial charge is 0.334 e. The fraction of sp³-hybridized carbons (Fsp3) is 0.190. The van der Waals surface area contributed by atoms with Gasteiger partial charge in [0.25, 0.3) is 0 Å². The molecule has 9 heteroatoms. The first kappa shape index (κ1) is 34.3. The standard InChI is InChI=1S/C42H38F2N6.ClH/c43-31-15-11-29(12-16-31)27-49-39-9-3-1-7-33(39)35-19-23-47-37(41(35)49)25-45-21-5-6-22-46-26-38-42-36(20-24-48-38)34-8-2-4-10-40(34)50(42)28-30-13-17-32(44)18-14-30;/h1-4,7-20,23-24,45-46H,5-6,21-22,25-28H2;1H. The molecular weight excluding hydrogens is 662 g/mol. The van der Waals surface area contributed by atoms with E-state index in [4.69, 9.17) is 9.97 Å². The molecule has 0 unspecified atom stereocenters. The first-order valence-corrected chi connectivity index (χ1v) is 17.2. The first-order valence-electron chi connectivity index (χ1n) is 17.2. The van der Waals surface area contributed by atoms with Crippen molar-refractivity contribution in [1.29, 1.82) is 0 Å². The van der Waals surface area contributed by atoms with Crippen LogP contribution in [0.15, 0.2) is 122 Å². The van der Waals surface area contributed by atoms with Crippen LogP contribution in [0.2, 0.25) is 0 Å². The summed E-state index contributed by atoms with van der Waals surface area (Å²) in [5, 5.41) is 12.0. The van der Waals surface area contributed by atoms with E-state index in [1.54, 1.807) is 0 Å². The number of nitrogens with one attached hydrogen (secondary N) is 2. The highest BCUT2D eigenvalue weighted by molar-refractivity contribution is 6.09. The number of fused-ring (bicyclic) bond motifs is 6. The molecule has 0 radical (unpaired) electrons. The van der Waals surface area contributed by atoms with E-state index in [1.807, 2.05) is 36.7 Å². The zero-order valence-corrected chi connectivity index (χ0v) is 29.0. The van der Waals surface area contributed by atoms with Crippen LogP contribution in [0.1, 0.15) is 35.4 Å². The number of hydrogen-bond donors (Lipinski definition) is 2. The molecule has 51 heavy (non-hydrogen) atoms. The summed E-state index contributed by atoms with van der Waals surface area (Å²) in [5.74, 6) is -0.455. The molecule has 0 saturated heterocycles. The Morgan fingerprint density at radius 1 is 0.490 bits per heavy atom. The van der Waals surface area contributed by atoms with Crippen molar-refractivity contribution >= 4 is 56.0 Å². The van der Waals surface area contributed by atoms with E-state index in [1.165, 1.54) is 45.8 Å². The van der Waals surface area contributed by atoms with Crippen molar-refractivity contribution in [2.45, 2.75) is 39.0 Å². The van der Waals surface area contributed by atoms with Gasteiger partial charge in [0.15, 0.2) is 0 Å². The van der Waals surface area contributed by atoms with Crippen LogP contribution < -0.4 is 10.6 Å². The van der Waals surface area contributed by atoms with E-state index in [2.05, 4.69) is 80.4 Å². The molecule has 6 nitrogen and oxygen atoms in total. The smallest absolute Gasteiger partial charge is 0.123 e. The summed E-state index contributed by atoms with van der Waals surface area (Å²) in [7, 11) is 0. The van der Waals surface area contributed by atoms with Gasteiger partial charge in [-0.25, -0.2) is 8.78 Å². The molecule has 0 atom stereocenters. The van der Waals surface area contributed by atoms with Gasteiger partial charge < -0.3 is 19.8 Å². The summed E-state index contributed by atoms with van der Waals surface area (Å²) in [6, 6.07) is 34.5. The molecule has 258 valence electrons. The normalized spacial score (nSPS) is 11.6. The number of para-hydroxylation sites is 2. The van der Waals surface area contributed by atoms with Gasteiger partial charge in [0.2, 0.25) is 0 Å². The van der Waals surface area contributed by atoms with Crippen LogP contribution in [0, 0.1) is 11.6 Å². The summed E-state index contributed by atoms with van der Waals surface area (Å²) in [4.78, 5) is 9.59. The quantitative estimate of drug-likeness (QED) is 0.118. The second-order valence-electron chi connectivity index (χ2n) is 12.8. The Morgan fingerprint density at radius 3 is 1.33 bits per heavy atom. The summed E-state index contributed by atoms with van der Waals surface area (Å²) in [5.41, 5.74) is 8.64. The van der Waals surface area contributed by atoms with E-state index in [0.29, 0.717) is 26.2 Å². The van der Waals surface area contributed by atoms with Crippen LogP contribution >= 0.6 is 12.4 Å². The van der Waals surface area contributed by atoms with Crippen LogP contribution in [0.4, 0.5) is 8.78 Å². The highest BCUT2D eigenvalue weighted by Crippen LogP contribution is 2.32. The number of rotatable bonds is 13. The van der Waals surface area contributed by atoms with Crippen molar-refractivity contribution in [1.82, 2.24) is 29.7 Å². The molecule has 0 fully saturated rings. The summed E-state index contributed by atoms with van der Waals surface area (Å²) in [6.07, 6.45) is 5.82. The monoisotopic (exact) mass is 700 g/mol. The van der Waals surface area contributed by atoms with Gasteiger partial charge in [-0.05, 0) is 85.6 Å². The van der Waals surface area contributed by atoms with Crippen LogP contribution in [0.25, 0.3) is 43.6 Å². The number of nitrogens with zero attached hydrogens (tertiary/aromatic N) is 4. The zero-order valence-electron chi connectivity index (χ0n) is 28.2. The Balaban J connectivity index is 0.00000406. The van der Waals surface area contributed by atoms with E-state index in [0.717, 1.165) is 70.5 Å². The number of hydrogen-bond acceptors (Lipinski definition) is 4. The minimum absolute atomic E-state index is 0. The average molecular weight is 701 g/mol. The lowest BCUT2D eigenvalue weighted by molar-refractivity contribution is 0.577. The number of unbranched alkanes of at least 4 members (excludes halogenated alkanes) is 1. The van der Waals surface area contributed by atoms with E-state index >= 15 is 0 Å². The molecule has 0 aliphatic heterocycles. The van der Waals surface area contributed by atoms with Crippen LogP contribution in [0.3, 0.4) is 0 Å². The van der Waals surface area contributed by atoms with E-state index in [-0.39, 0.29) is 24.0 Å². The van der Waals surface area contributed by atoms with Gasteiger partial charge in [-0.1, -0.05) is 60.7 Å². The van der Waals surface area contributed by atoms with Gasteiger partial charge in [-0.3, -0.25) is 9.97 Å². The SMILES string of the molecule is Cl.Fc1ccc(Cn2c3ccccc3c3ccnc(CNCCCCNCc4nccc5c6ccccc6n(Cc6ccc(F)cc6)c45)c32)cc1. The molecule has 0 saturated carbocycles. The Labute approximate surface area is 301 Å². The van der Waals surface area contributed by atoms with Crippen LogP contribution in [0.5, 0.6) is 0 Å².